The summed E-state index contributed by atoms with van der Waals surface area (Å²) in [4.78, 5) is 16.2. The Kier molecular flexibility index (Phi) is 6.09. The molecule has 0 spiro atoms. The number of para-hydroxylation sites is 1. The SMILES string of the molecule is COc1ccc(C(=O)N2CCSc3ccccc32)cc1S(=O)(=O)N1CCCC[C@H]1C. The predicted octanol–water partition coefficient (Wildman–Crippen LogP) is 4.01. The van der Waals surface area contributed by atoms with Gasteiger partial charge in [0, 0.05) is 35.3 Å². The van der Waals surface area contributed by atoms with E-state index in [1.807, 2.05) is 31.2 Å². The number of thioether (sulfide) groups is 1. The van der Waals surface area contributed by atoms with Crippen molar-refractivity contribution in [2.45, 2.75) is 42.0 Å². The van der Waals surface area contributed by atoms with Gasteiger partial charge in [0.05, 0.1) is 12.8 Å². The van der Waals surface area contributed by atoms with Crippen molar-refractivity contribution >= 4 is 33.4 Å². The molecule has 2 heterocycles. The molecule has 4 rings (SSSR count). The third kappa shape index (κ3) is 3.84. The maximum atomic E-state index is 13.4. The number of carbonyl (C=O) groups excluding carboxylic acids is 1. The van der Waals surface area contributed by atoms with Gasteiger partial charge in [-0.2, -0.15) is 4.31 Å². The molecule has 1 fully saturated rings. The summed E-state index contributed by atoms with van der Waals surface area (Å²) >= 11 is 1.72. The van der Waals surface area contributed by atoms with Crippen LogP contribution in [0, 0.1) is 0 Å². The van der Waals surface area contributed by atoms with E-state index in [1.54, 1.807) is 28.8 Å². The van der Waals surface area contributed by atoms with Gasteiger partial charge in [-0.1, -0.05) is 18.6 Å². The first-order valence-electron chi connectivity index (χ1n) is 10.2. The Labute approximate surface area is 182 Å². The Morgan fingerprint density at radius 1 is 1.13 bits per heavy atom. The van der Waals surface area contributed by atoms with Crippen molar-refractivity contribution < 1.29 is 17.9 Å². The fraction of sp³-hybridized carbons (Fsp3) is 0.409. The molecule has 6 nitrogen and oxygen atoms in total. The molecule has 0 unspecified atom stereocenters. The number of ether oxygens (including phenoxy) is 1. The summed E-state index contributed by atoms with van der Waals surface area (Å²) in [5, 5.41) is 0. The molecule has 1 amide bonds. The topological polar surface area (TPSA) is 66.9 Å². The number of carbonyl (C=O) groups is 1. The fourth-order valence-corrected chi connectivity index (χ4v) is 6.98. The lowest BCUT2D eigenvalue weighted by Gasteiger charge is -2.33. The number of rotatable bonds is 4. The van der Waals surface area contributed by atoms with Crippen molar-refractivity contribution in [2.75, 3.05) is 30.9 Å². The standard InChI is InChI=1S/C22H26N2O4S2/c1-16-7-5-6-12-24(16)30(26,27)21-15-17(10-11-19(21)28-2)22(25)23-13-14-29-20-9-4-3-8-18(20)23/h3-4,8-11,15-16H,5-7,12-14H2,1-2H3/t16-/m1/s1. The van der Waals surface area contributed by atoms with E-state index in [4.69, 9.17) is 4.74 Å². The molecular weight excluding hydrogens is 420 g/mol. The van der Waals surface area contributed by atoms with Crippen LogP contribution in [0.2, 0.25) is 0 Å². The van der Waals surface area contributed by atoms with E-state index >= 15 is 0 Å². The lowest BCUT2D eigenvalue weighted by molar-refractivity contribution is 0.0987. The summed E-state index contributed by atoms with van der Waals surface area (Å²) < 4.78 is 33.8. The number of methoxy groups -OCH3 is 1. The molecule has 1 atom stereocenters. The van der Waals surface area contributed by atoms with Gasteiger partial charge in [-0.3, -0.25) is 4.79 Å². The van der Waals surface area contributed by atoms with Crippen LogP contribution in [-0.4, -0.2) is 50.6 Å². The molecule has 2 aromatic rings. The summed E-state index contributed by atoms with van der Waals surface area (Å²) in [6.45, 7) is 3.00. The van der Waals surface area contributed by atoms with Crippen molar-refractivity contribution in [3.05, 3.63) is 48.0 Å². The van der Waals surface area contributed by atoms with Crippen LogP contribution in [0.1, 0.15) is 36.5 Å². The summed E-state index contributed by atoms with van der Waals surface area (Å²) in [6, 6.07) is 12.4. The summed E-state index contributed by atoms with van der Waals surface area (Å²) in [6.07, 6.45) is 2.70. The zero-order valence-electron chi connectivity index (χ0n) is 17.2. The molecule has 0 bridgehead atoms. The van der Waals surface area contributed by atoms with Crippen LogP contribution in [0.15, 0.2) is 52.3 Å². The van der Waals surface area contributed by atoms with Crippen LogP contribution in [-0.2, 0) is 10.0 Å². The number of anilines is 1. The minimum atomic E-state index is -3.77. The molecule has 0 aromatic heterocycles. The third-order valence-corrected chi connectivity index (χ3v) is 8.79. The van der Waals surface area contributed by atoms with Crippen LogP contribution < -0.4 is 9.64 Å². The maximum Gasteiger partial charge on any atom is 0.258 e. The second kappa shape index (κ2) is 8.61. The first kappa shape index (κ1) is 21.2. The minimum Gasteiger partial charge on any atom is -0.495 e. The average molecular weight is 447 g/mol. The molecule has 30 heavy (non-hydrogen) atoms. The number of piperidine rings is 1. The zero-order valence-corrected chi connectivity index (χ0v) is 18.8. The van der Waals surface area contributed by atoms with Gasteiger partial charge >= 0.3 is 0 Å². The summed E-state index contributed by atoms with van der Waals surface area (Å²) in [5.74, 6) is 0.863. The third-order valence-electron chi connectivity index (χ3n) is 5.71. The molecule has 0 aliphatic carbocycles. The second-order valence-electron chi connectivity index (χ2n) is 7.60. The highest BCUT2D eigenvalue weighted by atomic mass is 32.2. The molecular formula is C22H26N2O4S2. The van der Waals surface area contributed by atoms with Gasteiger partial charge in [-0.15, -0.1) is 11.8 Å². The van der Waals surface area contributed by atoms with Crippen molar-refractivity contribution in [3.8, 4) is 5.75 Å². The zero-order chi connectivity index (χ0) is 21.3. The number of nitrogens with zero attached hydrogens (tertiary/aromatic N) is 2. The maximum absolute atomic E-state index is 13.4. The quantitative estimate of drug-likeness (QED) is 0.710. The highest BCUT2D eigenvalue weighted by Crippen LogP contribution is 2.36. The second-order valence-corrected chi connectivity index (χ2v) is 10.6. The van der Waals surface area contributed by atoms with Gasteiger partial charge in [0.2, 0.25) is 10.0 Å². The monoisotopic (exact) mass is 446 g/mol. The van der Waals surface area contributed by atoms with Crippen molar-refractivity contribution in [3.63, 3.8) is 0 Å². The number of fused-ring (bicyclic) bond motifs is 1. The van der Waals surface area contributed by atoms with Crippen molar-refractivity contribution in [1.29, 1.82) is 0 Å². The normalized spacial score (nSPS) is 19.9. The fourth-order valence-electron chi connectivity index (χ4n) is 4.10. The largest absolute Gasteiger partial charge is 0.495 e. The first-order valence-corrected chi connectivity index (χ1v) is 12.6. The van der Waals surface area contributed by atoms with E-state index in [1.165, 1.54) is 17.5 Å². The lowest BCUT2D eigenvalue weighted by Crippen LogP contribution is -2.42. The molecule has 0 radical (unpaired) electrons. The Hall–Kier alpha value is -2.03. The van der Waals surface area contributed by atoms with E-state index in [-0.39, 0.29) is 22.6 Å². The summed E-state index contributed by atoms with van der Waals surface area (Å²) in [5.41, 5.74) is 1.21. The Bertz CT molecular complexity index is 1050. The van der Waals surface area contributed by atoms with Gasteiger partial charge < -0.3 is 9.64 Å². The van der Waals surface area contributed by atoms with Gasteiger partial charge in [-0.25, -0.2) is 8.42 Å². The smallest absolute Gasteiger partial charge is 0.258 e. The van der Waals surface area contributed by atoms with Gasteiger partial charge in [-0.05, 0) is 50.1 Å². The summed E-state index contributed by atoms with van der Waals surface area (Å²) in [7, 11) is -2.32. The van der Waals surface area contributed by atoms with E-state index in [0.29, 0.717) is 18.7 Å². The Balaban J connectivity index is 1.72. The number of benzene rings is 2. The van der Waals surface area contributed by atoms with Gasteiger partial charge in [0.25, 0.3) is 5.91 Å². The molecule has 0 N–H and O–H groups in total. The van der Waals surface area contributed by atoms with E-state index < -0.39 is 10.0 Å². The molecule has 0 saturated carbocycles. The van der Waals surface area contributed by atoms with Gasteiger partial charge in [0.1, 0.15) is 10.6 Å². The van der Waals surface area contributed by atoms with Crippen LogP contribution in [0.25, 0.3) is 0 Å². The van der Waals surface area contributed by atoms with Crippen LogP contribution in [0.4, 0.5) is 5.69 Å². The molecule has 160 valence electrons. The number of hydrogen-bond acceptors (Lipinski definition) is 5. The minimum absolute atomic E-state index is 0.0595. The van der Waals surface area contributed by atoms with Gasteiger partial charge in [0.15, 0.2) is 0 Å². The number of hydrogen-bond donors (Lipinski definition) is 0. The highest BCUT2D eigenvalue weighted by Gasteiger charge is 2.34. The number of amides is 1. The molecule has 2 aliphatic rings. The first-order chi connectivity index (χ1) is 14.4. The van der Waals surface area contributed by atoms with Crippen LogP contribution in [0.3, 0.4) is 0 Å². The number of sulfonamides is 1. The molecule has 2 aromatic carbocycles. The van der Waals surface area contributed by atoms with Crippen molar-refractivity contribution in [2.24, 2.45) is 0 Å². The lowest BCUT2D eigenvalue weighted by atomic mass is 10.1. The highest BCUT2D eigenvalue weighted by molar-refractivity contribution is 7.99. The van der Waals surface area contributed by atoms with Crippen LogP contribution >= 0.6 is 11.8 Å². The Morgan fingerprint density at radius 2 is 1.93 bits per heavy atom. The molecule has 2 aliphatic heterocycles. The van der Waals surface area contributed by atoms with E-state index in [2.05, 4.69) is 0 Å². The molecule has 8 heteroatoms. The van der Waals surface area contributed by atoms with E-state index in [9.17, 15) is 13.2 Å². The predicted molar refractivity (Wildman–Crippen MR) is 119 cm³/mol. The van der Waals surface area contributed by atoms with Crippen LogP contribution in [0.5, 0.6) is 5.75 Å². The van der Waals surface area contributed by atoms with E-state index in [0.717, 1.165) is 35.6 Å². The molecule has 1 saturated heterocycles. The Morgan fingerprint density at radius 3 is 2.70 bits per heavy atom. The average Bonchev–Trinajstić information content (AvgIpc) is 2.78. The van der Waals surface area contributed by atoms with Crippen molar-refractivity contribution in [1.82, 2.24) is 4.31 Å².